The molecule has 2 saturated carbocycles. The van der Waals surface area contributed by atoms with Gasteiger partial charge in [-0.15, -0.1) is 0 Å². The molecule has 2 aromatic rings. The molecule has 3 heterocycles. The van der Waals surface area contributed by atoms with Crippen molar-refractivity contribution in [3.8, 4) is 0 Å². The molecule has 10 heteroatoms. The summed E-state index contributed by atoms with van der Waals surface area (Å²) in [7, 11) is 1.71. The first-order valence-electron chi connectivity index (χ1n) is 11.2. The van der Waals surface area contributed by atoms with Crippen molar-refractivity contribution in [1.82, 2.24) is 19.7 Å². The molecule has 0 bridgehead atoms. The largest absolute Gasteiger partial charge is 0.395 e. The van der Waals surface area contributed by atoms with Crippen LogP contribution < -0.4 is 11.5 Å². The Hall–Kier alpha value is -2.36. The number of nitrogens with zero attached hydrogens (tertiary/aromatic N) is 4. The minimum Gasteiger partial charge on any atom is -0.394 e. The van der Waals surface area contributed by atoms with Gasteiger partial charge in [-0.2, -0.15) is 18.3 Å². The zero-order chi connectivity index (χ0) is 22.9. The molecular weight excluding hydrogens is 421 g/mol. The number of hydrogen-bond acceptors (Lipinski definition) is 6. The number of halogens is 3. The smallest absolute Gasteiger partial charge is 0.394 e. The molecule has 3 aliphatic rings. The van der Waals surface area contributed by atoms with Gasteiger partial charge in [0.1, 0.15) is 5.82 Å². The third-order valence-corrected chi connectivity index (χ3v) is 8.05. The van der Waals surface area contributed by atoms with Crippen molar-refractivity contribution in [1.29, 1.82) is 0 Å². The van der Waals surface area contributed by atoms with E-state index in [0.717, 1.165) is 25.8 Å². The van der Waals surface area contributed by atoms with Crippen LogP contribution in [0.1, 0.15) is 62.2 Å². The lowest BCUT2D eigenvalue weighted by atomic mass is 9.84. The van der Waals surface area contributed by atoms with Crippen LogP contribution in [0.3, 0.4) is 0 Å². The van der Waals surface area contributed by atoms with Gasteiger partial charge < -0.3 is 16.2 Å². The molecule has 3 unspecified atom stereocenters. The van der Waals surface area contributed by atoms with Gasteiger partial charge >= 0.3 is 6.18 Å². The van der Waals surface area contributed by atoms with Crippen molar-refractivity contribution < 1.29 is 17.9 Å². The molecule has 0 radical (unpaired) electrons. The van der Waals surface area contributed by atoms with E-state index >= 15 is 0 Å². The fourth-order valence-corrected chi connectivity index (χ4v) is 5.74. The molecule has 2 aliphatic carbocycles. The topological polar surface area (TPSA) is 105 Å². The van der Waals surface area contributed by atoms with Gasteiger partial charge in [-0.3, -0.25) is 4.68 Å². The second-order valence-corrected chi connectivity index (χ2v) is 9.66. The molecule has 32 heavy (non-hydrogen) atoms. The summed E-state index contributed by atoms with van der Waals surface area (Å²) < 4.78 is 48.5. The van der Waals surface area contributed by atoms with Crippen LogP contribution in [0.25, 0.3) is 0 Å². The van der Waals surface area contributed by atoms with Crippen LogP contribution in [-0.4, -0.2) is 39.1 Å². The monoisotopic (exact) mass is 450 g/mol. The Kier molecular flexibility index (Phi) is 4.75. The van der Waals surface area contributed by atoms with Gasteiger partial charge in [-0.1, -0.05) is 6.92 Å². The van der Waals surface area contributed by atoms with Gasteiger partial charge in [0.2, 0.25) is 0 Å². The van der Waals surface area contributed by atoms with Crippen LogP contribution in [0.2, 0.25) is 0 Å². The molecule has 3 atom stereocenters. The number of alkyl halides is 3. The van der Waals surface area contributed by atoms with Crippen LogP contribution in [0.4, 0.5) is 24.7 Å². The van der Waals surface area contributed by atoms with Gasteiger partial charge in [0.05, 0.1) is 22.9 Å². The number of methoxy groups -OCH3 is 1. The number of nitrogen functional groups attached to an aromatic ring is 2. The van der Waals surface area contributed by atoms with Crippen molar-refractivity contribution in [2.24, 2.45) is 11.3 Å². The maximum Gasteiger partial charge on any atom is 0.395 e. The summed E-state index contributed by atoms with van der Waals surface area (Å²) in [5.74, 6) is 0.791. The van der Waals surface area contributed by atoms with E-state index in [9.17, 15) is 13.2 Å². The first kappa shape index (κ1) is 21.5. The van der Waals surface area contributed by atoms with Crippen molar-refractivity contribution in [3.63, 3.8) is 0 Å². The summed E-state index contributed by atoms with van der Waals surface area (Å²) >= 11 is 0. The molecule has 0 amide bonds. The Morgan fingerprint density at radius 3 is 2.66 bits per heavy atom. The van der Waals surface area contributed by atoms with E-state index in [2.05, 4.69) is 15.1 Å². The lowest BCUT2D eigenvalue weighted by Gasteiger charge is -2.32. The number of anilines is 2. The molecule has 2 fully saturated rings. The molecule has 174 valence electrons. The zero-order valence-electron chi connectivity index (χ0n) is 18.3. The lowest BCUT2D eigenvalue weighted by Crippen LogP contribution is -2.32. The van der Waals surface area contributed by atoms with Crippen molar-refractivity contribution in [2.75, 3.05) is 18.6 Å². The molecule has 7 nitrogen and oxygen atoms in total. The molecule has 1 aliphatic heterocycles. The number of fused-ring (bicyclic) bond motifs is 2. The van der Waals surface area contributed by atoms with E-state index in [1.807, 2.05) is 23.9 Å². The summed E-state index contributed by atoms with van der Waals surface area (Å²) in [6, 6.07) is 2.03. The summed E-state index contributed by atoms with van der Waals surface area (Å²) in [5.41, 5.74) is 11.0. The number of ether oxygens (including phenoxy) is 1. The average molecular weight is 451 g/mol. The lowest BCUT2D eigenvalue weighted by molar-refractivity contribution is -0.167. The Bertz CT molecular complexity index is 1030. The summed E-state index contributed by atoms with van der Waals surface area (Å²) in [6.45, 7) is 2.87. The fraction of sp³-hybridized carbons (Fsp3) is 0.682. The molecule has 2 aromatic heterocycles. The zero-order valence-corrected chi connectivity index (χ0v) is 18.3. The molecule has 0 aromatic carbocycles. The highest BCUT2D eigenvalue weighted by Gasteiger charge is 2.94. The predicted molar refractivity (Wildman–Crippen MR) is 113 cm³/mol. The minimum atomic E-state index is -4.25. The third kappa shape index (κ3) is 3.02. The Labute approximate surface area is 184 Å². The first-order chi connectivity index (χ1) is 15.2. The molecule has 0 spiro atoms. The number of rotatable bonds is 7. The molecule has 4 N–H and O–H groups in total. The van der Waals surface area contributed by atoms with Crippen LogP contribution in [0.5, 0.6) is 0 Å². The van der Waals surface area contributed by atoms with Crippen molar-refractivity contribution in [2.45, 2.75) is 75.6 Å². The highest BCUT2D eigenvalue weighted by Crippen LogP contribution is 2.91. The van der Waals surface area contributed by atoms with Gasteiger partial charge in [0, 0.05) is 36.9 Å². The second-order valence-electron chi connectivity index (χ2n) is 9.66. The van der Waals surface area contributed by atoms with E-state index in [0.29, 0.717) is 18.2 Å². The van der Waals surface area contributed by atoms with Crippen LogP contribution in [-0.2, 0) is 23.1 Å². The third-order valence-electron chi connectivity index (χ3n) is 8.05. The summed E-state index contributed by atoms with van der Waals surface area (Å²) in [6.07, 6.45) is 0.849. The maximum absolute atomic E-state index is 13.5. The van der Waals surface area contributed by atoms with Gasteiger partial charge in [0.15, 0.2) is 5.82 Å². The Morgan fingerprint density at radius 1 is 1.28 bits per heavy atom. The quantitative estimate of drug-likeness (QED) is 0.668. The summed E-state index contributed by atoms with van der Waals surface area (Å²) in [4.78, 5) is 9.01. The standard InChI is InChI=1S/C22H29F3N6O/c1-3-12(9-15(32-2)13-5-7-31-14(8-13)4-6-28-31)19-29-17(16(26)18(27)30-19)20-10-21(20,11-20)22(23,24)25/h4,6,12-13,15H,3,5,7-11,26H2,1-2H3,(H2,27,29,30). The first-order valence-corrected chi connectivity index (χ1v) is 11.2. The highest BCUT2D eigenvalue weighted by atomic mass is 19.4. The Morgan fingerprint density at radius 2 is 2.03 bits per heavy atom. The average Bonchev–Trinajstić information content (AvgIpc) is 3.52. The SMILES string of the molecule is CCC(CC(OC)C1CCn2nccc2C1)c1nc(N)c(N)c(C23CC2(C(F)(F)F)C3)n1. The molecular formula is C22H29F3N6O. The Balaban J connectivity index is 1.38. The van der Waals surface area contributed by atoms with E-state index in [-0.39, 0.29) is 42.1 Å². The fourth-order valence-electron chi connectivity index (χ4n) is 5.74. The van der Waals surface area contributed by atoms with E-state index in [1.54, 1.807) is 7.11 Å². The van der Waals surface area contributed by atoms with E-state index < -0.39 is 17.0 Å². The van der Waals surface area contributed by atoms with Gasteiger partial charge in [-0.05, 0) is 50.5 Å². The van der Waals surface area contributed by atoms with Crippen LogP contribution in [0.15, 0.2) is 12.3 Å². The number of nitrogens with two attached hydrogens (primary N) is 2. The molecule has 5 rings (SSSR count). The van der Waals surface area contributed by atoms with E-state index in [4.69, 9.17) is 16.2 Å². The normalized spacial score (nSPS) is 30.3. The minimum absolute atomic E-state index is 0.0243. The van der Waals surface area contributed by atoms with Crippen LogP contribution in [0, 0.1) is 11.3 Å². The van der Waals surface area contributed by atoms with Crippen molar-refractivity contribution >= 4 is 11.5 Å². The van der Waals surface area contributed by atoms with Gasteiger partial charge in [0.25, 0.3) is 0 Å². The predicted octanol–water partition coefficient (Wildman–Crippen LogP) is 3.59. The van der Waals surface area contributed by atoms with Gasteiger partial charge in [-0.25, -0.2) is 9.97 Å². The maximum atomic E-state index is 13.5. The molecule has 0 saturated heterocycles. The highest BCUT2D eigenvalue weighted by molar-refractivity contribution is 5.68. The summed E-state index contributed by atoms with van der Waals surface area (Å²) in [5, 5.41) is 4.33. The number of hydrogen-bond donors (Lipinski definition) is 2. The number of aryl methyl sites for hydroxylation is 1. The number of aromatic nitrogens is 4. The van der Waals surface area contributed by atoms with Crippen molar-refractivity contribution in [3.05, 3.63) is 29.5 Å². The second kappa shape index (κ2) is 7.07. The van der Waals surface area contributed by atoms with Crippen LogP contribution >= 0.6 is 0 Å². The van der Waals surface area contributed by atoms with E-state index in [1.165, 1.54) is 5.69 Å².